The fraction of sp³-hybridized carbons (Fsp3) is 0.318. The topological polar surface area (TPSA) is 42.0 Å². The third-order valence-electron chi connectivity index (χ3n) is 5.49. The molecule has 1 aliphatic heterocycles. The van der Waals surface area contributed by atoms with Crippen LogP contribution >= 0.6 is 12.2 Å². The summed E-state index contributed by atoms with van der Waals surface area (Å²) in [5, 5.41) is 0. The van der Waals surface area contributed by atoms with Gasteiger partial charge in [-0.1, -0.05) is 0 Å². The Morgan fingerprint density at radius 2 is 1.62 bits per heavy atom. The monoisotopic (exact) mass is 412 g/mol. The molecule has 0 saturated carbocycles. The molecule has 1 aliphatic rings. The maximum Gasteiger partial charge on any atom is 0.188 e. The Balaban J connectivity index is 1.52. The fourth-order valence-electron chi connectivity index (χ4n) is 3.88. The number of hydrogen-bond acceptors (Lipinski definition) is 4. The van der Waals surface area contributed by atoms with Crippen molar-refractivity contribution in [3.8, 4) is 22.9 Å². The minimum atomic E-state index is 0.787. The molecule has 7 heteroatoms. The number of hydrogen-bond donors (Lipinski definition) is 1. The smallest absolute Gasteiger partial charge is 0.188 e. The number of imidazole rings is 1. The number of fused-ring (bicyclic) bond motifs is 1. The molecule has 0 fully saturated rings. The van der Waals surface area contributed by atoms with Crippen LogP contribution in [0.25, 0.3) is 5.69 Å². The third kappa shape index (κ3) is 3.88. The second kappa shape index (κ2) is 8.31. The van der Waals surface area contributed by atoms with Gasteiger partial charge >= 0.3 is 0 Å². The van der Waals surface area contributed by atoms with Crippen LogP contribution in [-0.2, 0) is 19.6 Å². The van der Waals surface area contributed by atoms with Crippen molar-refractivity contribution in [2.24, 2.45) is 0 Å². The van der Waals surface area contributed by atoms with Crippen molar-refractivity contribution in [2.45, 2.75) is 19.6 Å². The molecular weight excluding hydrogens is 386 g/mol. The quantitative estimate of drug-likeness (QED) is 0.632. The largest absolute Gasteiger partial charge is 0.497 e. The number of ether oxygens (including phenoxy) is 3. The second-order valence-electron chi connectivity index (χ2n) is 7.18. The van der Waals surface area contributed by atoms with Crippen LogP contribution in [-0.4, -0.2) is 37.0 Å². The summed E-state index contributed by atoms with van der Waals surface area (Å²) < 4.78 is 21.1. The number of rotatable bonds is 6. The van der Waals surface area contributed by atoms with Crippen LogP contribution < -0.4 is 19.1 Å². The highest BCUT2D eigenvalue weighted by Gasteiger charge is 2.22. The zero-order valence-electron chi connectivity index (χ0n) is 17.0. The Labute approximate surface area is 175 Å². The highest BCUT2D eigenvalue weighted by atomic mass is 32.1. The molecule has 0 radical (unpaired) electrons. The van der Waals surface area contributed by atoms with Gasteiger partial charge in [0.25, 0.3) is 0 Å². The standard InChI is InChI=1S/C22H25N3O3S/c1-26-19-6-4-18(5-7-19)25-11-10-24(22(25)29)15-23-9-8-16-12-20(27-2)21(28-3)13-17(16)14-23/h4-7,10-13H,8-9,14-15H2,1-3H3/p+1. The predicted molar refractivity (Wildman–Crippen MR) is 114 cm³/mol. The van der Waals surface area contributed by atoms with Crippen LogP contribution in [0.3, 0.4) is 0 Å². The Morgan fingerprint density at radius 1 is 0.931 bits per heavy atom. The van der Waals surface area contributed by atoms with E-state index in [1.807, 2.05) is 35.0 Å². The SMILES string of the molecule is COc1ccc(-n2ccn(C[NH+]3CCc4cc(OC)c(OC)cc4C3)c2=S)cc1. The zero-order chi connectivity index (χ0) is 20.4. The van der Waals surface area contributed by atoms with E-state index in [9.17, 15) is 0 Å². The number of benzene rings is 2. The highest BCUT2D eigenvalue weighted by Crippen LogP contribution is 2.31. The van der Waals surface area contributed by atoms with E-state index in [1.165, 1.54) is 16.0 Å². The van der Waals surface area contributed by atoms with Gasteiger partial charge in [-0.2, -0.15) is 0 Å². The minimum absolute atomic E-state index is 0.787. The molecule has 6 nitrogen and oxygen atoms in total. The molecule has 152 valence electrons. The van der Waals surface area contributed by atoms with Crippen molar-refractivity contribution < 1.29 is 19.1 Å². The van der Waals surface area contributed by atoms with E-state index in [2.05, 4.69) is 22.9 Å². The van der Waals surface area contributed by atoms with E-state index in [-0.39, 0.29) is 0 Å². The van der Waals surface area contributed by atoms with Gasteiger partial charge in [-0.15, -0.1) is 0 Å². The normalized spacial score (nSPS) is 15.6. The van der Waals surface area contributed by atoms with Gasteiger partial charge in [0.1, 0.15) is 12.3 Å². The zero-order valence-corrected chi connectivity index (χ0v) is 17.8. The first-order valence-electron chi connectivity index (χ1n) is 9.62. The van der Waals surface area contributed by atoms with E-state index in [0.29, 0.717) is 0 Å². The van der Waals surface area contributed by atoms with Gasteiger partial charge in [0.15, 0.2) is 22.9 Å². The summed E-state index contributed by atoms with van der Waals surface area (Å²) in [7, 11) is 5.03. The molecule has 0 bridgehead atoms. The van der Waals surface area contributed by atoms with Crippen LogP contribution in [0.1, 0.15) is 11.1 Å². The second-order valence-corrected chi connectivity index (χ2v) is 7.54. The Morgan fingerprint density at radius 3 is 2.28 bits per heavy atom. The van der Waals surface area contributed by atoms with E-state index < -0.39 is 0 Å². The van der Waals surface area contributed by atoms with E-state index in [4.69, 9.17) is 26.4 Å². The number of methoxy groups -OCH3 is 3. The lowest BCUT2D eigenvalue weighted by Crippen LogP contribution is -3.11. The lowest BCUT2D eigenvalue weighted by atomic mass is 9.99. The summed E-state index contributed by atoms with van der Waals surface area (Å²) in [5.41, 5.74) is 3.68. The van der Waals surface area contributed by atoms with Gasteiger partial charge in [-0.05, 0) is 54.2 Å². The maximum absolute atomic E-state index is 5.73. The predicted octanol–water partition coefficient (Wildman–Crippen LogP) is 2.63. The number of quaternary nitrogens is 1. The molecule has 2 heterocycles. The highest BCUT2D eigenvalue weighted by molar-refractivity contribution is 7.71. The fourth-order valence-corrected chi connectivity index (χ4v) is 4.17. The molecule has 0 aliphatic carbocycles. The molecule has 1 aromatic heterocycles. The Hall–Kier alpha value is -2.77. The van der Waals surface area contributed by atoms with Crippen molar-refractivity contribution in [1.29, 1.82) is 0 Å². The first-order valence-corrected chi connectivity index (χ1v) is 10.0. The summed E-state index contributed by atoms with van der Waals surface area (Å²) in [6.07, 6.45) is 5.09. The lowest BCUT2D eigenvalue weighted by Gasteiger charge is -2.27. The van der Waals surface area contributed by atoms with Crippen LogP contribution in [0.5, 0.6) is 17.2 Å². The molecule has 3 aromatic rings. The minimum Gasteiger partial charge on any atom is -0.497 e. The average molecular weight is 413 g/mol. The summed E-state index contributed by atoms with van der Waals surface area (Å²) in [5.74, 6) is 2.42. The number of aromatic nitrogens is 2. The van der Waals surface area contributed by atoms with Crippen molar-refractivity contribution in [2.75, 3.05) is 27.9 Å². The van der Waals surface area contributed by atoms with Gasteiger partial charge in [0.2, 0.25) is 0 Å². The van der Waals surface area contributed by atoms with E-state index in [1.54, 1.807) is 21.3 Å². The Kier molecular flexibility index (Phi) is 5.60. The molecule has 0 amide bonds. The van der Waals surface area contributed by atoms with Crippen LogP contribution in [0.4, 0.5) is 0 Å². The molecule has 29 heavy (non-hydrogen) atoms. The number of nitrogens with zero attached hydrogens (tertiary/aromatic N) is 2. The van der Waals surface area contributed by atoms with Crippen molar-refractivity contribution in [1.82, 2.24) is 9.13 Å². The van der Waals surface area contributed by atoms with Gasteiger partial charge < -0.3 is 19.1 Å². The number of nitrogens with one attached hydrogen (secondary N) is 1. The molecule has 0 spiro atoms. The molecule has 2 aromatic carbocycles. The van der Waals surface area contributed by atoms with Gasteiger partial charge in [0, 0.05) is 30.1 Å². The van der Waals surface area contributed by atoms with Gasteiger partial charge in [0.05, 0.1) is 27.9 Å². The van der Waals surface area contributed by atoms with Gasteiger partial charge in [-0.3, -0.25) is 9.13 Å². The first-order chi connectivity index (χ1) is 14.1. The lowest BCUT2D eigenvalue weighted by molar-refractivity contribution is -0.938. The molecule has 1 N–H and O–H groups in total. The van der Waals surface area contributed by atoms with Crippen LogP contribution in [0, 0.1) is 4.77 Å². The maximum atomic E-state index is 5.73. The van der Waals surface area contributed by atoms with Crippen molar-refractivity contribution >= 4 is 12.2 Å². The third-order valence-corrected chi connectivity index (χ3v) is 5.92. The first kappa shape index (κ1) is 19.5. The summed E-state index contributed by atoms with van der Waals surface area (Å²) >= 11 is 5.73. The van der Waals surface area contributed by atoms with E-state index >= 15 is 0 Å². The Bertz CT molecular complexity index is 1060. The van der Waals surface area contributed by atoms with Crippen molar-refractivity contribution in [3.63, 3.8) is 0 Å². The molecule has 1 unspecified atom stereocenters. The van der Waals surface area contributed by atoms with E-state index in [0.717, 1.165) is 53.9 Å². The molecule has 4 rings (SSSR count). The molecular formula is C22H26N3O3S+. The molecule has 0 saturated heterocycles. The summed E-state index contributed by atoms with van der Waals surface area (Å²) in [6, 6.07) is 12.1. The summed E-state index contributed by atoms with van der Waals surface area (Å²) in [4.78, 5) is 1.47. The average Bonchev–Trinajstić information content (AvgIpc) is 3.12. The van der Waals surface area contributed by atoms with Gasteiger partial charge in [-0.25, -0.2) is 0 Å². The van der Waals surface area contributed by atoms with Crippen LogP contribution in [0.15, 0.2) is 48.8 Å². The summed E-state index contributed by atoms with van der Waals surface area (Å²) in [6.45, 7) is 2.82. The van der Waals surface area contributed by atoms with Crippen molar-refractivity contribution in [3.05, 3.63) is 64.7 Å². The van der Waals surface area contributed by atoms with Crippen LogP contribution in [0.2, 0.25) is 0 Å². The molecule has 1 atom stereocenters.